The van der Waals surface area contributed by atoms with E-state index in [0.29, 0.717) is 26.5 Å². The number of hydrogen-bond acceptors (Lipinski definition) is 7. The van der Waals surface area contributed by atoms with E-state index >= 15 is 0 Å². The predicted molar refractivity (Wildman–Crippen MR) is 163 cm³/mol. The second kappa shape index (κ2) is 11.4. The van der Waals surface area contributed by atoms with Crippen LogP contribution in [0.3, 0.4) is 0 Å². The lowest BCUT2D eigenvalue weighted by Crippen LogP contribution is -2.39. The Bertz CT molecular complexity index is 1910. The van der Waals surface area contributed by atoms with E-state index < -0.39 is 16.9 Å². The van der Waals surface area contributed by atoms with Crippen molar-refractivity contribution in [1.82, 2.24) is 9.13 Å². The molecule has 4 aromatic rings. The minimum atomic E-state index is -0.670. The maximum absolute atomic E-state index is 14.0. The Morgan fingerprint density at radius 1 is 1.12 bits per heavy atom. The number of nitro benzene ring substituents is 1. The fourth-order valence-corrected chi connectivity index (χ4v) is 6.40. The summed E-state index contributed by atoms with van der Waals surface area (Å²) in [7, 11) is 0. The minimum Gasteiger partial charge on any atom is -0.463 e. The van der Waals surface area contributed by atoms with Gasteiger partial charge in [-0.3, -0.25) is 19.5 Å². The molecular formula is C32H32N4O5S. The summed E-state index contributed by atoms with van der Waals surface area (Å²) in [5.41, 5.74) is 6.06. The van der Waals surface area contributed by atoms with Crippen molar-refractivity contribution in [3.05, 3.63) is 124 Å². The molecule has 0 radical (unpaired) electrons. The molecule has 10 heteroatoms. The Balaban J connectivity index is 1.65. The molecule has 0 unspecified atom stereocenters. The summed E-state index contributed by atoms with van der Waals surface area (Å²) < 4.78 is 9.47. The molecule has 216 valence electrons. The highest BCUT2D eigenvalue weighted by molar-refractivity contribution is 7.07. The highest BCUT2D eigenvalue weighted by Gasteiger charge is 2.33. The van der Waals surface area contributed by atoms with E-state index in [1.165, 1.54) is 23.5 Å². The molecule has 0 fully saturated rings. The van der Waals surface area contributed by atoms with Crippen molar-refractivity contribution < 1.29 is 14.5 Å². The van der Waals surface area contributed by atoms with Gasteiger partial charge in [-0.15, -0.1) is 0 Å². The average molecular weight is 585 g/mol. The van der Waals surface area contributed by atoms with Crippen LogP contribution in [0, 0.1) is 24.0 Å². The predicted octanol–water partition coefficient (Wildman–Crippen LogP) is 5.24. The molecule has 3 heterocycles. The third-order valence-corrected chi connectivity index (χ3v) is 8.49. The second-order valence-electron chi connectivity index (χ2n) is 10.6. The number of rotatable bonds is 7. The molecule has 1 atom stereocenters. The zero-order valence-electron chi connectivity index (χ0n) is 24.4. The molecule has 1 aliphatic heterocycles. The number of aryl methyl sites for hydroxylation is 1. The molecule has 42 heavy (non-hydrogen) atoms. The number of thiazole rings is 1. The number of nitrogens with zero attached hydrogens (tertiary/aromatic N) is 4. The summed E-state index contributed by atoms with van der Waals surface area (Å²) in [6.45, 7) is 11.9. The summed E-state index contributed by atoms with van der Waals surface area (Å²) in [6, 6.07) is 15.7. The van der Waals surface area contributed by atoms with Gasteiger partial charge in [0.1, 0.15) is 0 Å². The van der Waals surface area contributed by atoms with E-state index in [0.717, 1.165) is 33.8 Å². The number of benzene rings is 2. The zero-order valence-corrected chi connectivity index (χ0v) is 25.2. The highest BCUT2D eigenvalue weighted by atomic mass is 32.1. The molecule has 9 nitrogen and oxygen atoms in total. The van der Waals surface area contributed by atoms with Crippen molar-refractivity contribution >= 4 is 29.1 Å². The third-order valence-electron chi connectivity index (χ3n) is 7.51. The van der Waals surface area contributed by atoms with Gasteiger partial charge >= 0.3 is 5.97 Å². The lowest BCUT2D eigenvalue weighted by molar-refractivity contribution is -0.384. The first-order chi connectivity index (χ1) is 20.0. The molecule has 1 aliphatic rings. The van der Waals surface area contributed by atoms with Crippen LogP contribution in [0.4, 0.5) is 5.69 Å². The largest absolute Gasteiger partial charge is 0.463 e. The first kappa shape index (κ1) is 28.9. The molecule has 0 aliphatic carbocycles. The van der Waals surface area contributed by atoms with Crippen molar-refractivity contribution in [2.45, 2.75) is 53.5 Å². The van der Waals surface area contributed by atoms with E-state index in [9.17, 15) is 19.7 Å². The molecule has 0 N–H and O–H groups in total. The van der Waals surface area contributed by atoms with Crippen LogP contribution in [0.1, 0.15) is 67.7 Å². The van der Waals surface area contributed by atoms with Gasteiger partial charge < -0.3 is 9.30 Å². The molecule has 0 amide bonds. The summed E-state index contributed by atoms with van der Waals surface area (Å²) >= 11 is 1.28. The summed E-state index contributed by atoms with van der Waals surface area (Å²) in [6.07, 6.45) is 1.84. The number of fused-ring (bicyclic) bond motifs is 1. The van der Waals surface area contributed by atoms with Crippen LogP contribution in [0.5, 0.6) is 0 Å². The second-order valence-corrected chi connectivity index (χ2v) is 11.6. The first-order valence-electron chi connectivity index (χ1n) is 13.7. The van der Waals surface area contributed by atoms with Gasteiger partial charge in [0.25, 0.3) is 11.2 Å². The number of non-ortho nitro benzene ring substituents is 1. The van der Waals surface area contributed by atoms with Crippen molar-refractivity contribution in [1.29, 1.82) is 0 Å². The van der Waals surface area contributed by atoms with Crippen molar-refractivity contribution in [2.24, 2.45) is 4.99 Å². The van der Waals surface area contributed by atoms with Gasteiger partial charge in [0.2, 0.25) is 0 Å². The van der Waals surface area contributed by atoms with Gasteiger partial charge in [-0.05, 0) is 74.6 Å². The summed E-state index contributed by atoms with van der Waals surface area (Å²) in [4.78, 5) is 43.0. The van der Waals surface area contributed by atoms with Crippen LogP contribution in [0.2, 0.25) is 0 Å². The smallest absolute Gasteiger partial charge is 0.338 e. The minimum absolute atomic E-state index is 0.0217. The van der Waals surface area contributed by atoms with E-state index in [-0.39, 0.29) is 17.9 Å². The fourth-order valence-electron chi connectivity index (χ4n) is 5.37. The van der Waals surface area contributed by atoms with Crippen LogP contribution in [0.15, 0.2) is 75.7 Å². The molecular weight excluding hydrogens is 552 g/mol. The Kier molecular flexibility index (Phi) is 7.83. The van der Waals surface area contributed by atoms with Gasteiger partial charge in [0, 0.05) is 29.2 Å². The van der Waals surface area contributed by atoms with Gasteiger partial charge in [-0.1, -0.05) is 49.4 Å². The third kappa shape index (κ3) is 5.14. The molecule has 5 rings (SSSR count). The Hall–Kier alpha value is -4.57. The standard InChI is InChI=1S/C32H32N4O5S/c1-7-41-31(38)28-20(5)33-32-35(29(28)23-10-8-22(9-11-23)18(2)3)30(37)27(42-32)17-24-16-19(4)34(21(24)6)25-12-14-26(15-13-25)36(39)40/h8-18,29H,7H2,1-6H3/b27-17-/t29-/m0/s1. The fraction of sp³-hybridized carbons (Fsp3) is 0.281. The number of aromatic nitrogens is 2. The van der Waals surface area contributed by atoms with E-state index in [1.807, 2.05) is 54.8 Å². The van der Waals surface area contributed by atoms with Crippen molar-refractivity contribution in [2.75, 3.05) is 6.61 Å². The molecule has 2 aromatic heterocycles. The van der Waals surface area contributed by atoms with Gasteiger partial charge in [0.05, 0.1) is 33.4 Å². The van der Waals surface area contributed by atoms with E-state index in [1.54, 1.807) is 30.5 Å². The van der Waals surface area contributed by atoms with Crippen LogP contribution < -0.4 is 14.9 Å². The quantitative estimate of drug-likeness (QED) is 0.168. The van der Waals surface area contributed by atoms with Crippen molar-refractivity contribution in [3.8, 4) is 5.69 Å². The average Bonchev–Trinajstić information content (AvgIpc) is 3.41. The topological polar surface area (TPSA) is 109 Å². The van der Waals surface area contributed by atoms with Crippen LogP contribution >= 0.6 is 11.3 Å². The molecule has 0 saturated carbocycles. The Morgan fingerprint density at radius 3 is 2.38 bits per heavy atom. The van der Waals surface area contributed by atoms with Crippen molar-refractivity contribution in [3.63, 3.8) is 0 Å². The maximum Gasteiger partial charge on any atom is 0.338 e. The van der Waals surface area contributed by atoms with E-state index in [2.05, 4.69) is 18.8 Å². The number of carbonyl (C=O) groups is 1. The molecule has 2 aromatic carbocycles. The Labute approximate surface area is 246 Å². The number of carbonyl (C=O) groups excluding carboxylic acids is 1. The normalized spacial score (nSPS) is 15.1. The first-order valence-corrected chi connectivity index (χ1v) is 14.6. The monoisotopic (exact) mass is 584 g/mol. The van der Waals surface area contributed by atoms with Crippen LogP contribution in [-0.4, -0.2) is 26.6 Å². The number of esters is 1. The number of hydrogen-bond donors (Lipinski definition) is 0. The van der Waals surface area contributed by atoms with Gasteiger partial charge in [-0.25, -0.2) is 9.79 Å². The number of nitro groups is 1. The highest BCUT2D eigenvalue weighted by Crippen LogP contribution is 2.31. The molecule has 0 saturated heterocycles. The number of allylic oxidation sites excluding steroid dienone is 1. The maximum atomic E-state index is 14.0. The zero-order chi connectivity index (χ0) is 30.3. The van der Waals surface area contributed by atoms with Gasteiger partial charge in [0.15, 0.2) is 4.80 Å². The van der Waals surface area contributed by atoms with Crippen LogP contribution in [-0.2, 0) is 9.53 Å². The summed E-state index contributed by atoms with van der Waals surface area (Å²) in [5.74, 6) is -0.148. The van der Waals surface area contributed by atoms with E-state index in [4.69, 9.17) is 4.74 Å². The molecule has 0 spiro atoms. The Morgan fingerprint density at radius 2 is 1.79 bits per heavy atom. The van der Waals surface area contributed by atoms with Crippen LogP contribution in [0.25, 0.3) is 11.8 Å². The summed E-state index contributed by atoms with van der Waals surface area (Å²) in [5, 5.41) is 11.1. The number of ether oxygens (including phenoxy) is 1. The molecule has 0 bridgehead atoms. The van der Waals surface area contributed by atoms with Gasteiger partial charge in [-0.2, -0.15) is 0 Å². The lowest BCUT2D eigenvalue weighted by atomic mass is 9.93. The SMILES string of the molecule is CCOC(=O)C1=C(C)N=c2s/c(=C\c3cc(C)n(-c4ccc([N+](=O)[O-])cc4)c3C)c(=O)n2[C@H]1c1ccc(C(C)C)cc1. The lowest BCUT2D eigenvalue weighted by Gasteiger charge is -2.25.